The van der Waals surface area contributed by atoms with Crippen LogP contribution in [-0.4, -0.2) is 34.3 Å². The van der Waals surface area contributed by atoms with E-state index in [0.717, 1.165) is 0 Å². The van der Waals surface area contributed by atoms with Crippen molar-refractivity contribution in [3.8, 4) is 0 Å². The van der Waals surface area contributed by atoms with Gasteiger partial charge in [0.2, 0.25) is 11.8 Å². The molecule has 0 saturated carbocycles. The molecule has 0 radical (unpaired) electrons. The van der Waals surface area contributed by atoms with Crippen molar-refractivity contribution >= 4 is 17.8 Å². The molecule has 0 spiro atoms. The lowest BCUT2D eigenvalue weighted by atomic mass is 9.96. The molecule has 1 fully saturated rings. The van der Waals surface area contributed by atoms with Gasteiger partial charge in [0.15, 0.2) is 0 Å². The van der Waals surface area contributed by atoms with Crippen LogP contribution in [0.4, 0.5) is 0 Å². The van der Waals surface area contributed by atoms with Crippen LogP contribution < -0.4 is 5.73 Å². The summed E-state index contributed by atoms with van der Waals surface area (Å²) in [6, 6.07) is 6.77. The molecule has 1 saturated heterocycles. The molecule has 6 nitrogen and oxygen atoms in total. The smallest absolute Gasteiger partial charge is 0.308 e. The van der Waals surface area contributed by atoms with Crippen molar-refractivity contribution in [1.29, 1.82) is 0 Å². The predicted octanol–water partition coefficient (Wildman–Crippen LogP) is 0.609. The highest BCUT2D eigenvalue weighted by atomic mass is 16.4. The number of nitrogens with zero attached hydrogens (tertiary/aromatic N) is 1. The Hall–Kier alpha value is -2.37. The van der Waals surface area contributed by atoms with Gasteiger partial charge in [-0.2, -0.15) is 0 Å². The van der Waals surface area contributed by atoms with Gasteiger partial charge in [0.05, 0.1) is 5.92 Å². The monoisotopic (exact) mass is 276 g/mol. The van der Waals surface area contributed by atoms with E-state index >= 15 is 0 Å². The molecule has 1 atom stereocenters. The lowest BCUT2D eigenvalue weighted by Gasteiger charge is -2.31. The maximum Gasteiger partial charge on any atom is 0.308 e. The van der Waals surface area contributed by atoms with Crippen LogP contribution in [0, 0.1) is 5.92 Å². The first-order valence-electron chi connectivity index (χ1n) is 6.37. The van der Waals surface area contributed by atoms with Crippen molar-refractivity contribution in [2.24, 2.45) is 11.7 Å². The Morgan fingerprint density at radius 2 is 2.05 bits per heavy atom. The zero-order valence-electron chi connectivity index (χ0n) is 10.9. The number of likely N-dealkylation sites (tertiary alicyclic amines) is 1. The van der Waals surface area contributed by atoms with Crippen molar-refractivity contribution in [3.05, 3.63) is 35.4 Å². The summed E-state index contributed by atoms with van der Waals surface area (Å²) < 4.78 is 0. The number of carboxylic acid groups (broad SMARTS) is 1. The van der Waals surface area contributed by atoms with Gasteiger partial charge in [0.25, 0.3) is 0 Å². The Morgan fingerprint density at radius 3 is 2.70 bits per heavy atom. The van der Waals surface area contributed by atoms with Gasteiger partial charge < -0.3 is 15.7 Å². The third kappa shape index (κ3) is 2.96. The first-order chi connectivity index (χ1) is 9.49. The molecule has 1 aromatic carbocycles. The summed E-state index contributed by atoms with van der Waals surface area (Å²) in [7, 11) is 0. The summed E-state index contributed by atoms with van der Waals surface area (Å²) in [4.78, 5) is 35.7. The van der Waals surface area contributed by atoms with E-state index in [4.69, 9.17) is 10.8 Å². The third-order valence-corrected chi connectivity index (χ3v) is 3.49. The van der Waals surface area contributed by atoms with Gasteiger partial charge in [-0.25, -0.2) is 0 Å². The summed E-state index contributed by atoms with van der Waals surface area (Å²) >= 11 is 0. The molecule has 2 amide bonds. The van der Waals surface area contributed by atoms with E-state index in [0.29, 0.717) is 17.5 Å². The van der Waals surface area contributed by atoms with E-state index in [2.05, 4.69) is 0 Å². The van der Waals surface area contributed by atoms with Gasteiger partial charge >= 0.3 is 5.97 Å². The number of amides is 2. The van der Waals surface area contributed by atoms with E-state index in [9.17, 15) is 14.4 Å². The lowest BCUT2D eigenvalue weighted by molar-refractivity contribution is -0.147. The van der Waals surface area contributed by atoms with E-state index in [1.165, 1.54) is 4.90 Å². The molecule has 0 aromatic heterocycles. The minimum atomic E-state index is -0.898. The van der Waals surface area contributed by atoms with Crippen molar-refractivity contribution in [1.82, 2.24) is 4.90 Å². The van der Waals surface area contributed by atoms with Crippen LogP contribution in [0.5, 0.6) is 0 Å². The van der Waals surface area contributed by atoms with Gasteiger partial charge in [0.1, 0.15) is 0 Å². The van der Waals surface area contributed by atoms with Gasteiger partial charge in [-0.1, -0.05) is 18.2 Å². The van der Waals surface area contributed by atoms with E-state index in [1.807, 2.05) is 0 Å². The number of primary amides is 1. The number of benzene rings is 1. The number of carboxylic acids is 1. The Bertz CT molecular complexity index is 556. The quantitative estimate of drug-likeness (QED) is 0.841. The normalized spacial score (nSPS) is 18.9. The maximum absolute atomic E-state index is 11.9. The number of hydrogen-bond donors (Lipinski definition) is 2. The van der Waals surface area contributed by atoms with Crippen molar-refractivity contribution in [2.75, 3.05) is 6.54 Å². The second kappa shape index (κ2) is 5.73. The molecule has 1 aliphatic rings. The zero-order chi connectivity index (χ0) is 14.7. The molecule has 1 heterocycles. The molecule has 20 heavy (non-hydrogen) atoms. The summed E-state index contributed by atoms with van der Waals surface area (Å²) in [5.74, 6) is -2.10. The van der Waals surface area contributed by atoms with Crippen LogP contribution >= 0.6 is 0 Å². The van der Waals surface area contributed by atoms with Crippen molar-refractivity contribution < 1.29 is 19.5 Å². The minimum Gasteiger partial charge on any atom is -0.481 e. The fourth-order valence-corrected chi connectivity index (χ4v) is 2.37. The fraction of sp³-hybridized carbons (Fsp3) is 0.357. The number of nitrogens with two attached hydrogens (primary N) is 1. The summed E-state index contributed by atoms with van der Waals surface area (Å²) in [6.45, 7) is 0.378. The number of carbonyl (C=O) groups excluding carboxylic acids is 2. The highest BCUT2D eigenvalue weighted by Crippen LogP contribution is 2.21. The Labute approximate surface area is 116 Å². The van der Waals surface area contributed by atoms with Gasteiger partial charge in [-0.3, -0.25) is 14.4 Å². The molecule has 1 aliphatic heterocycles. The summed E-state index contributed by atoms with van der Waals surface area (Å²) in [5.41, 5.74) is 6.29. The van der Waals surface area contributed by atoms with Crippen LogP contribution in [0.2, 0.25) is 0 Å². The molecule has 1 unspecified atom stereocenters. The number of piperidine rings is 1. The van der Waals surface area contributed by atoms with Gasteiger partial charge in [-0.05, 0) is 18.1 Å². The van der Waals surface area contributed by atoms with E-state index in [-0.39, 0.29) is 25.4 Å². The molecule has 3 N–H and O–H groups in total. The Balaban J connectivity index is 2.18. The van der Waals surface area contributed by atoms with E-state index in [1.54, 1.807) is 24.3 Å². The zero-order valence-corrected chi connectivity index (χ0v) is 10.9. The highest BCUT2D eigenvalue weighted by molar-refractivity contribution is 5.94. The average Bonchev–Trinajstić information content (AvgIpc) is 2.41. The van der Waals surface area contributed by atoms with Gasteiger partial charge in [-0.15, -0.1) is 0 Å². The number of carbonyl (C=O) groups is 3. The number of hydrogen-bond acceptors (Lipinski definition) is 3. The molecular formula is C14H16N2O4. The SMILES string of the molecule is NC(=O)c1ccccc1CN1CC(C(=O)O)CCC1=O. The second-order valence-corrected chi connectivity index (χ2v) is 4.87. The fourth-order valence-electron chi connectivity index (χ4n) is 2.37. The summed E-state index contributed by atoms with van der Waals surface area (Å²) in [5, 5.41) is 9.04. The minimum absolute atomic E-state index is 0.0956. The van der Waals surface area contributed by atoms with Crippen molar-refractivity contribution in [3.63, 3.8) is 0 Å². The largest absolute Gasteiger partial charge is 0.481 e. The standard InChI is InChI=1S/C14H16N2O4/c15-13(18)11-4-2-1-3-9(11)7-16-8-10(14(19)20)5-6-12(16)17/h1-4,10H,5-8H2,(H2,15,18)(H,19,20). The highest BCUT2D eigenvalue weighted by Gasteiger charge is 2.30. The molecule has 106 valence electrons. The maximum atomic E-state index is 11.9. The van der Waals surface area contributed by atoms with Crippen LogP contribution in [0.1, 0.15) is 28.8 Å². The lowest BCUT2D eigenvalue weighted by Crippen LogP contribution is -2.42. The summed E-state index contributed by atoms with van der Waals surface area (Å²) in [6.07, 6.45) is 0.581. The number of rotatable bonds is 4. The second-order valence-electron chi connectivity index (χ2n) is 4.87. The molecule has 1 aromatic rings. The van der Waals surface area contributed by atoms with Crippen molar-refractivity contribution in [2.45, 2.75) is 19.4 Å². The molecular weight excluding hydrogens is 260 g/mol. The van der Waals surface area contributed by atoms with Crippen LogP contribution in [0.3, 0.4) is 0 Å². The topological polar surface area (TPSA) is 101 Å². The molecule has 0 bridgehead atoms. The van der Waals surface area contributed by atoms with E-state index < -0.39 is 17.8 Å². The molecule has 0 aliphatic carbocycles. The third-order valence-electron chi connectivity index (χ3n) is 3.49. The first-order valence-corrected chi connectivity index (χ1v) is 6.37. The predicted molar refractivity (Wildman–Crippen MR) is 70.7 cm³/mol. The van der Waals surface area contributed by atoms with Crippen LogP contribution in [0.15, 0.2) is 24.3 Å². The van der Waals surface area contributed by atoms with Crippen LogP contribution in [-0.2, 0) is 16.1 Å². The Kier molecular flexibility index (Phi) is 4.02. The average molecular weight is 276 g/mol. The van der Waals surface area contributed by atoms with Gasteiger partial charge in [0, 0.05) is 25.1 Å². The number of aliphatic carboxylic acids is 1. The molecule has 2 rings (SSSR count). The molecule has 6 heteroatoms. The first kappa shape index (κ1) is 14.0. The Morgan fingerprint density at radius 1 is 1.35 bits per heavy atom. The van der Waals surface area contributed by atoms with Crippen LogP contribution in [0.25, 0.3) is 0 Å².